The normalized spacial score (nSPS) is 11.3. The molecule has 8 heteroatoms. The number of nitrogens with one attached hydrogen (secondary N) is 1. The fraction of sp³-hybridized carbons (Fsp3) is 0.538. The molecule has 2 N–H and O–H groups in total. The van der Waals surface area contributed by atoms with Crippen LogP contribution >= 0.6 is 0 Å². The molecular weight excluding hydrogens is 287 g/mol. The van der Waals surface area contributed by atoms with Crippen molar-refractivity contribution in [3.63, 3.8) is 0 Å². The van der Waals surface area contributed by atoms with Crippen LogP contribution in [0.25, 0.3) is 0 Å². The van der Waals surface area contributed by atoms with Gasteiger partial charge in [-0.15, -0.1) is 0 Å². The van der Waals surface area contributed by atoms with Crippen LogP contribution in [0.2, 0.25) is 0 Å². The Morgan fingerprint density at radius 2 is 2.19 bits per heavy atom. The summed E-state index contributed by atoms with van der Waals surface area (Å²) in [7, 11) is 0. The van der Waals surface area contributed by atoms with Gasteiger partial charge in [-0.05, 0) is 18.6 Å². The molecule has 118 valence electrons. The molecule has 0 aliphatic heterocycles. The van der Waals surface area contributed by atoms with Crippen molar-refractivity contribution in [2.75, 3.05) is 31.6 Å². The predicted octanol–water partition coefficient (Wildman–Crippen LogP) is 1.90. The summed E-state index contributed by atoms with van der Waals surface area (Å²) < 4.78 is 37.4. The van der Waals surface area contributed by atoms with Crippen LogP contribution in [0.15, 0.2) is 18.3 Å². The average Bonchev–Trinajstić information content (AvgIpc) is 2.43. The average molecular weight is 305 g/mol. The standard InChI is InChI=1S/C13H18F3N3O2/c1-2-4-17-11-8-10(3-5-18-11)12(21)19(6-7-20)9-13(14,15)16/h3,5,8,20H,2,4,6-7,9H2,1H3,(H,17,18). The summed E-state index contributed by atoms with van der Waals surface area (Å²) in [5.41, 5.74) is 0.0984. The van der Waals surface area contributed by atoms with E-state index in [4.69, 9.17) is 5.11 Å². The molecule has 0 fully saturated rings. The molecule has 1 aromatic rings. The maximum Gasteiger partial charge on any atom is 0.406 e. The number of anilines is 1. The molecule has 5 nitrogen and oxygen atoms in total. The van der Waals surface area contributed by atoms with Crippen molar-refractivity contribution in [2.24, 2.45) is 0 Å². The van der Waals surface area contributed by atoms with Crippen molar-refractivity contribution in [2.45, 2.75) is 19.5 Å². The first-order valence-corrected chi connectivity index (χ1v) is 6.54. The second-order valence-corrected chi connectivity index (χ2v) is 4.42. The number of alkyl halides is 3. The van der Waals surface area contributed by atoms with Crippen LogP contribution in [0.3, 0.4) is 0 Å². The fourth-order valence-electron chi connectivity index (χ4n) is 1.69. The Kier molecular flexibility index (Phi) is 6.41. The van der Waals surface area contributed by atoms with E-state index in [0.717, 1.165) is 6.42 Å². The van der Waals surface area contributed by atoms with Crippen LogP contribution < -0.4 is 5.32 Å². The number of carbonyl (C=O) groups is 1. The summed E-state index contributed by atoms with van der Waals surface area (Å²) in [6.45, 7) is 0.292. The molecule has 0 bridgehead atoms. The van der Waals surface area contributed by atoms with Gasteiger partial charge in [0.25, 0.3) is 5.91 Å². The van der Waals surface area contributed by atoms with E-state index < -0.39 is 25.2 Å². The molecule has 0 aliphatic carbocycles. The van der Waals surface area contributed by atoms with Crippen molar-refractivity contribution in [1.82, 2.24) is 9.88 Å². The van der Waals surface area contributed by atoms with Gasteiger partial charge in [-0.2, -0.15) is 13.2 Å². The molecule has 21 heavy (non-hydrogen) atoms. The molecule has 0 saturated carbocycles. The Morgan fingerprint density at radius 3 is 2.76 bits per heavy atom. The minimum atomic E-state index is -4.51. The monoisotopic (exact) mass is 305 g/mol. The van der Waals surface area contributed by atoms with Gasteiger partial charge in [0.05, 0.1) is 6.61 Å². The number of pyridine rings is 1. The predicted molar refractivity (Wildman–Crippen MR) is 72.1 cm³/mol. The minimum absolute atomic E-state index is 0.0984. The third-order valence-corrected chi connectivity index (χ3v) is 2.59. The number of carbonyl (C=O) groups excluding carboxylic acids is 1. The number of aromatic nitrogens is 1. The van der Waals surface area contributed by atoms with Gasteiger partial charge in [-0.3, -0.25) is 4.79 Å². The lowest BCUT2D eigenvalue weighted by Crippen LogP contribution is -2.40. The number of hydrogen-bond donors (Lipinski definition) is 2. The Labute approximate surface area is 120 Å². The van der Waals surface area contributed by atoms with Crippen molar-refractivity contribution in [3.8, 4) is 0 Å². The second-order valence-electron chi connectivity index (χ2n) is 4.42. The Bertz CT molecular complexity index is 466. The van der Waals surface area contributed by atoms with E-state index in [2.05, 4.69) is 10.3 Å². The molecule has 0 radical (unpaired) electrons. The smallest absolute Gasteiger partial charge is 0.395 e. The van der Waals surface area contributed by atoms with E-state index in [1.54, 1.807) is 0 Å². The van der Waals surface area contributed by atoms with Gasteiger partial charge in [0, 0.05) is 24.8 Å². The zero-order valence-electron chi connectivity index (χ0n) is 11.7. The van der Waals surface area contributed by atoms with Gasteiger partial charge in [0.1, 0.15) is 12.4 Å². The first-order chi connectivity index (χ1) is 9.87. The quantitative estimate of drug-likeness (QED) is 0.807. The maximum absolute atomic E-state index is 12.5. The molecule has 0 atom stereocenters. The lowest BCUT2D eigenvalue weighted by atomic mass is 10.2. The van der Waals surface area contributed by atoms with Crippen LogP contribution in [-0.4, -0.2) is 53.3 Å². The SMILES string of the molecule is CCCNc1cc(C(=O)N(CCO)CC(F)(F)F)ccn1. The van der Waals surface area contributed by atoms with E-state index in [1.807, 2.05) is 6.92 Å². The summed E-state index contributed by atoms with van der Waals surface area (Å²) in [4.78, 5) is 16.7. The summed E-state index contributed by atoms with van der Waals surface area (Å²) in [5, 5.41) is 11.8. The minimum Gasteiger partial charge on any atom is -0.395 e. The summed E-state index contributed by atoms with van der Waals surface area (Å²) in [5.74, 6) is -0.359. The van der Waals surface area contributed by atoms with Crippen LogP contribution in [0.5, 0.6) is 0 Å². The largest absolute Gasteiger partial charge is 0.406 e. The summed E-state index contributed by atoms with van der Waals surface area (Å²) in [6, 6.07) is 2.75. The van der Waals surface area contributed by atoms with E-state index in [-0.39, 0.29) is 12.1 Å². The van der Waals surface area contributed by atoms with Gasteiger partial charge in [0.15, 0.2) is 0 Å². The molecule has 1 aromatic heterocycles. The van der Waals surface area contributed by atoms with Crippen LogP contribution in [0.1, 0.15) is 23.7 Å². The summed E-state index contributed by atoms with van der Waals surface area (Å²) in [6.07, 6.45) is -2.30. The Morgan fingerprint density at radius 1 is 1.48 bits per heavy atom. The van der Waals surface area contributed by atoms with Crippen molar-refractivity contribution in [3.05, 3.63) is 23.9 Å². The van der Waals surface area contributed by atoms with Gasteiger partial charge in [-0.25, -0.2) is 4.98 Å². The molecule has 1 amide bonds. The number of halogens is 3. The van der Waals surface area contributed by atoms with Crippen LogP contribution in [-0.2, 0) is 0 Å². The zero-order chi connectivity index (χ0) is 15.9. The molecule has 0 aliphatic rings. The molecule has 0 spiro atoms. The highest BCUT2D eigenvalue weighted by Gasteiger charge is 2.33. The molecular formula is C13H18F3N3O2. The first-order valence-electron chi connectivity index (χ1n) is 6.54. The van der Waals surface area contributed by atoms with Crippen molar-refractivity contribution >= 4 is 11.7 Å². The highest BCUT2D eigenvalue weighted by Crippen LogP contribution is 2.18. The number of amides is 1. The van der Waals surface area contributed by atoms with E-state index in [0.29, 0.717) is 17.3 Å². The maximum atomic E-state index is 12.5. The number of aliphatic hydroxyl groups excluding tert-OH is 1. The molecule has 0 unspecified atom stereocenters. The summed E-state index contributed by atoms with van der Waals surface area (Å²) >= 11 is 0. The van der Waals surface area contributed by atoms with E-state index >= 15 is 0 Å². The van der Waals surface area contributed by atoms with Crippen LogP contribution in [0.4, 0.5) is 19.0 Å². The lowest BCUT2D eigenvalue weighted by molar-refractivity contribution is -0.141. The van der Waals surface area contributed by atoms with Crippen molar-refractivity contribution in [1.29, 1.82) is 0 Å². The number of aliphatic hydroxyl groups is 1. The molecule has 1 rings (SSSR count). The topological polar surface area (TPSA) is 65.5 Å². The first kappa shape index (κ1) is 17.2. The Hall–Kier alpha value is -1.83. The van der Waals surface area contributed by atoms with Gasteiger partial charge in [-0.1, -0.05) is 6.92 Å². The zero-order valence-corrected chi connectivity index (χ0v) is 11.7. The second kappa shape index (κ2) is 7.82. The Balaban J connectivity index is 2.87. The molecule has 1 heterocycles. The van der Waals surface area contributed by atoms with Crippen LogP contribution in [0, 0.1) is 0 Å². The number of nitrogens with zero attached hydrogens (tertiary/aromatic N) is 2. The molecule has 0 aromatic carbocycles. The van der Waals surface area contributed by atoms with E-state index in [9.17, 15) is 18.0 Å². The van der Waals surface area contributed by atoms with E-state index in [1.165, 1.54) is 18.3 Å². The number of hydrogen-bond acceptors (Lipinski definition) is 4. The highest BCUT2D eigenvalue weighted by atomic mass is 19.4. The fourth-order valence-corrected chi connectivity index (χ4v) is 1.69. The van der Waals surface area contributed by atoms with Gasteiger partial charge in [0.2, 0.25) is 0 Å². The number of rotatable bonds is 7. The van der Waals surface area contributed by atoms with Gasteiger partial charge >= 0.3 is 6.18 Å². The third-order valence-electron chi connectivity index (χ3n) is 2.59. The lowest BCUT2D eigenvalue weighted by Gasteiger charge is -2.23. The van der Waals surface area contributed by atoms with Crippen molar-refractivity contribution < 1.29 is 23.1 Å². The van der Waals surface area contributed by atoms with Gasteiger partial charge < -0.3 is 15.3 Å². The molecule has 0 saturated heterocycles. The highest BCUT2D eigenvalue weighted by molar-refractivity contribution is 5.94. The third kappa shape index (κ3) is 5.99.